The van der Waals surface area contributed by atoms with E-state index < -0.39 is 6.04 Å². The van der Waals surface area contributed by atoms with Crippen molar-refractivity contribution >= 4 is 29.4 Å². The molecule has 26 heavy (non-hydrogen) atoms. The summed E-state index contributed by atoms with van der Waals surface area (Å²) < 4.78 is 0. The van der Waals surface area contributed by atoms with Crippen LogP contribution < -0.4 is 16.9 Å². The van der Waals surface area contributed by atoms with Gasteiger partial charge in [0.05, 0.1) is 5.70 Å². The van der Waals surface area contributed by atoms with Crippen molar-refractivity contribution in [2.24, 2.45) is 17.5 Å². The highest BCUT2D eigenvalue weighted by atomic mass is 32.1. The first-order valence-corrected chi connectivity index (χ1v) is 9.53. The largest absolute Gasteiger partial charge is 0.395 e. The van der Waals surface area contributed by atoms with Gasteiger partial charge in [-0.1, -0.05) is 13.8 Å². The molecule has 0 spiro atoms. The molecule has 1 aliphatic rings. The van der Waals surface area contributed by atoms with Crippen LogP contribution in [0.1, 0.15) is 38.6 Å². The van der Waals surface area contributed by atoms with E-state index >= 15 is 0 Å². The number of amides is 2. The molecule has 0 radical (unpaired) electrons. The molecule has 2 unspecified atom stereocenters. The number of likely N-dealkylation sites (tertiary alicyclic amines) is 1. The highest BCUT2D eigenvalue weighted by molar-refractivity contribution is 7.10. The maximum absolute atomic E-state index is 12.8. The van der Waals surface area contributed by atoms with Gasteiger partial charge in [-0.3, -0.25) is 9.59 Å². The Kier molecular flexibility index (Phi) is 9.08. The van der Waals surface area contributed by atoms with Crippen LogP contribution in [-0.4, -0.2) is 52.9 Å². The van der Waals surface area contributed by atoms with Crippen LogP contribution in [-0.2, 0) is 9.59 Å². The van der Waals surface area contributed by atoms with E-state index in [1.54, 1.807) is 19.4 Å². The lowest BCUT2D eigenvalue weighted by Crippen LogP contribution is -2.53. The Bertz CT molecular complexity index is 590. The topological polar surface area (TPSA) is 118 Å². The molecule has 0 aliphatic carbocycles. The first-order chi connectivity index (χ1) is 12.3. The molecule has 2 rings (SSSR count). The average molecular weight is 383 g/mol. The molecular formula is C17H30N6O2S. The predicted molar refractivity (Wildman–Crippen MR) is 104 cm³/mol. The van der Waals surface area contributed by atoms with Gasteiger partial charge < -0.3 is 21.0 Å². The lowest BCUT2D eigenvalue weighted by Gasteiger charge is -2.33. The van der Waals surface area contributed by atoms with Crippen LogP contribution in [0.25, 0.3) is 5.70 Å². The molecule has 1 aromatic rings. The van der Waals surface area contributed by atoms with Gasteiger partial charge in [0.15, 0.2) is 0 Å². The second kappa shape index (κ2) is 10.8. The van der Waals surface area contributed by atoms with Gasteiger partial charge in [-0.15, -0.1) is 11.3 Å². The van der Waals surface area contributed by atoms with Crippen molar-refractivity contribution in [1.29, 1.82) is 0 Å². The number of thiazole rings is 1. The van der Waals surface area contributed by atoms with Crippen molar-refractivity contribution in [2.45, 2.75) is 45.7 Å². The highest BCUT2D eigenvalue weighted by Crippen LogP contribution is 2.22. The van der Waals surface area contributed by atoms with Crippen molar-refractivity contribution < 1.29 is 9.59 Å². The molecule has 1 aromatic heterocycles. The maximum Gasteiger partial charge on any atom is 0.247 e. The molecule has 146 valence electrons. The summed E-state index contributed by atoms with van der Waals surface area (Å²) in [4.78, 5) is 28.0. The summed E-state index contributed by atoms with van der Waals surface area (Å²) in [5.74, 6) is 6.31. The summed E-state index contributed by atoms with van der Waals surface area (Å²) in [7, 11) is 1.56. The molecule has 8 nitrogen and oxygen atoms in total. The average Bonchev–Trinajstić information content (AvgIpc) is 3.26. The fourth-order valence-corrected chi connectivity index (χ4v) is 3.41. The van der Waals surface area contributed by atoms with Crippen molar-refractivity contribution in [3.63, 3.8) is 0 Å². The van der Waals surface area contributed by atoms with E-state index in [1.807, 2.05) is 24.1 Å². The van der Waals surface area contributed by atoms with Crippen LogP contribution in [0.3, 0.4) is 0 Å². The van der Waals surface area contributed by atoms with Crippen molar-refractivity contribution in [3.05, 3.63) is 22.8 Å². The number of nitrogens with zero attached hydrogens (tertiary/aromatic N) is 3. The zero-order valence-corrected chi connectivity index (χ0v) is 16.7. The van der Waals surface area contributed by atoms with Crippen molar-refractivity contribution in [1.82, 2.24) is 20.2 Å². The molecule has 1 aliphatic heterocycles. The summed E-state index contributed by atoms with van der Waals surface area (Å²) in [5.41, 5.74) is 6.50. The minimum absolute atomic E-state index is 0.0747. The Balaban J connectivity index is 0.000000765. The number of nitrogens with one attached hydrogen (secondary N) is 1. The first kappa shape index (κ1) is 21.9. The van der Waals surface area contributed by atoms with Gasteiger partial charge in [-0.2, -0.15) is 0 Å². The smallest absolute Gasteiger partial charge is 0.247 e. The molecule has 0 bridgehead atoms. The third kappa shape index (κ3) is 5.99. The normalized spacial score (nSPS) is 18.2. The van der Waals surface area contributed by atoms with Gasteiger partial charge in [0.1, 0.15) is 11.0 Å². The third-order valence-corrected chi connectivity index (χ3v) is 4.95. The van der Waals surface area contributed by atoms with Crippen LogP contribution >= 0.6 is 11.3 Å². The molecule has 2 amide bonds. The van der Waals surface area contributed by atoms with Crippen LogP contribution in [0.2, 0.25) is 0 Å². The summed E-state index contributed by atoms with van der Waals surface area (Å²) in [6, 6.07) is -0.137. The van der Waals surface area contributed by atoms with E-state index in [1.165, 1.54) is 16.3 Å². The van der Waals surface area contributed by atoms with Crippen LogP contribution in [0.4, 0.5) is 0 Å². The number of hydrazine groups is 1. The van der Waals surface area contributed by atoms with E-state index in [2.05, 4.69) is 17.2 Å². The molecule has 2 heterocycles. The number of carbonyl (C=O) groups is 2. The van der Waals surface area contributed by atoms with Gasteiger partial charge >= 0.3 is 0 Å². The SMILES string of the molecule is CC(C)C(C(=O)N1CCCC1C)N(N)/C=C(\N)c1nccs1.CNC=O. The Hall–Kier alpha value is -2.13. The molecule has 2 atom stereocenters. The van der Waals surface area contributed by atoms with Gasteiger partial charge in [-0.25, -0.2) is 10.8 Å². The minimum Gasteiger partial charge on any atom is -0.395 e. The Morgan fingerprint density at radius 3 is 2.62 bits per heavy atom. The number of rotatable bonds is 6. The van der Waals surface area contributed by atoms with Crippen molar-refractivity contribution in [3.8, 4) is 0 Å². The zero-order chi connectivity index (χ0) is 19.7. The summed E-state index contributed by atoms with van der Waals surface area (Å²) in [6.45, 7) is 6.89. The monoisotopic (exact) mass is 382 g/mol. The highest BCUT2D eigenvalue weighted by Gasteiger charge is 2.34. The molecule has 1 fully saturated rings. The van der Waals surface area contributed by atoms with E-state index in [4.69, 9.17) is 16.4 Å². The molecule has 0 saturated carbocycles. The maximum atomic E-state index is 12.8. The van der Waals surface area contributed by atoms with Gasteiger partial charge in [0.25, 0.3) is 0 Å². The second-order valence-electron chi connectivity index (χ2n) is 6.49. The number of hydrogen-bond acceptors (Lipinski definition) is 7. The van der Waals surface area contributed by atoms with Gasteiger partial charge in [0, 0.05) is 37.4 Å². The van der Waals surface area contributed by atoms with Crippen LogP contribution in [0.15, 0.2) is 17.8 Å². The number of nitrogens with two attached hydrogens (primary N) is 2. The van der Waals surface area contributed by atoms with E-state index in [0.29, 0.717) is 17.1 Å². The van der Waals surface area contributed by atoms with E-state index in [0.717, 1.165) is 19.4 Å². The third-order valence-electron chi connectivity index (χ3n) is 4.13. The fraction of sp³-hybridized carbons (Fsp3) is 0.588. The Morgan fingerprint density at radius 2 is 2.19 bits per heavy atom. The van der Waals surface area contributed by atoms with Crippen molar-refractivity contribution in [2.75, 3.05) is 13.6 Å². The molecular weight excluding hydrogens is 352 g/mol. The molecule has 0 aromatic carbocycles. The predicted octanol–water partition coefficient (Wildman–Crippen LogP) is 0.974. The number of carbonyl (C=O) groups excluding carboxylic acids is 2. The fourth-order valence-electron chi connectivity index (χ4n) is 2.85. The van der Waals surface area contributed by atoms with Gasteiger partial charge in [-0.05, 0) is 25.7 Å². The van der Waals surface area contributed by atoms with E-state index in [9.17, 15) is 4.79 Å². The van der Waals surface area contributed by atoms with Crippen LogP contribution in [0, 0.1) is 5.92 Å². The zero-order valence-electron chi connectivity index (χ0n) is 15.9. The molecule has 1 saturated heterocycles. The van der Waals surface area contributed by atoms with Crippen LogP contribution in [0.5, 0.6) is 0 Å². The number of hydrogen-bond donors (Lipinski definition) is 3. The number of aromatic nitrogens is 1. The minimum atomic E-state index is -0.418. The Labute approximate surface area is 159 Å². The lowest BCUT2D eigenvalue weighted by atomic mass is 10.0. The molecule has 9 heteroatoms. The summed E-state index contributed by atoms with van der Waals surface area (Å²) >= 11 is 1.45. The second-order valence-corrected chi connectivity index (χ2v) is 7.38. The Morgan fingerprint density at radius 1 is 1.54 bits per heavy atom. The quantitative estimate of drug-likeness (QED) is 0.383. The summed E-state index contributed by atoms with van der Waals surface area (Å²) in [5, 5.41) is 6.25. The van der Waals surface area contributed by atoms with Gasteiger partial charge in [0.2, 0.25) is 12.3 Å². The standard InChI is InChI=1S/C15H25N5OS.C2H5NO/c1-10(2)13(15(21)19-7-4-5-11(19)3)20(17)9-12(16)14-18-6-8-22-14;1-3-2-4/h6,8-11,13H,4-5,7,16-17H2,1-3H3;2H,1H3,(H,3,4)/b12-9-;. The first-order valence-electron chi connectivity index (χ1n) is 8.65. The molecule has 5 N–H and O–H groups in total. The van der Waals surface area contributed by atoms with E-state index in [-0.39, 0.29) is 17.9 Å². The summed E-state index contributed by atoms with van der Waals surface area (Å²) in [6.07, 6.45) is 6.04. The lowest BCUT2D eigenvalue weighted by molar-refractivity contribution is -0.138.